The van der Waals surface area contributed by atoms with Crippen LogP contribution in [0.1, 0.15) is 25.0 Å². The number of hydrogen-bond acceptors (Lipinski definition) is 6. The van der Waals surface area contributed by atoms with Crippen LogP contribution in [0.2, 0.25) is 0 Å². The van der Waals surface area contributed by atoms with E-state index >= 15 is 0 Å². The second-order valence-corrected chi connectivity index (χ2v) is 9.16. The SMILES string of the molecule is Cc1ccc(NC(=O)CSc2nnc(SCC(C)C)s2)c(C)c1. The molecule has 0 unspecified atom stereocenters. The zero-order valence-corrected chi connectivity index (χ0v) is 16.2. The summed E-state index contributed by atoms with van der Waals surface area (Å²) >= 11 is 4.70. The molecule has 0 saturated heterocycles. The lowest BCUT2D eigenvalue weighted by Crippen LogP contribution is -2.14. The Kier molecular flexibility index (Phi) is 6.92. The van der Waals surface area contributed by atoms with Gasteiger partial charge in [0, 0.05) is 11.4 Å². The van der Waals surface area contributed by atoms with Crippen molar-refractivity contribution in [3.8, 4) is 0 Å². The van der Waals surface area contributed by atoms with Crippen molar-refractivity contribution in [1.82, 2.24) is 10.2 Å². The van der Waals surface area contributed by atoms with Gasteiger partial charge < -0.3 is 5.32 Å². The smallest absolute Gasteiger partial charge is 0.234 e. The quantitative estimate of drug-likeness (QED) is 0.723. The van der Waals surface area contributed by atoms with Crippen molar-refractivity contribution in [1.29, 1.82) is 0 Å². The van der Waals surface area contributed by atoms with E-state index in [1.165, 1.54) is 17.3 Å². The number of carbonyl (C=O) groups excluding carboxylic acids is 1. The minimum atomic E-state index is -0.0199. The Morgan fingerprint density at radius 2 is 1.91 bits per heavy atom. The van der Waals surface area contributed by atoms with Gasteiger partial charge in [-0.1, -0.05) is 66.4 Å². The van der Waals surface area contributed by atoms with Gasteiger partial charge in [0.2, 0.25) is 5.91 Å². The third-order valence-corrected chi connectivity index (χ3v) is 6.53. The predicted octanol–water partition coefficient (Wildman–Crippen LogP) is 4.63. The van der Waals surface area contributed by atoms with Gasteiger partial charge in [-0.25, -0.2) is 0 Å². The highest BCUT2D eigenvalue weighted by atomic mass is 32.2. The van der Waals surface area contributed by atoms with Crippen LogP contribution in [0, 0.1) is 19.8 Å². The molecule has 124 valence electrons. The van der Waals surface area contributed by atoms with Gasteiger partial charge in [-0.3, -0.25) is 4.79 Å². The van der Waals surface area contributed by atoms with E-state index in [1.807, 2.05) is 26.0 Å². The second-order valence-electron chi connectivity index (χ2n) is 5.69. The summed E-state index contributed by atoms with van der Waals surface area (Å²) in [5, 5.41) is 11.2. The summed E-state index contributed by atoms with van der Waals surface area (Å²) in [6.07, 6.45) is 0. The lowest BCUT2D eigenvalue weighted by atomic mass is 10.1. The Bertz CT molecular complexity index is 670. The van der Waals surface area contributed by atoms with Crippen LogP contribution in [-0.2, 0) is 4.79 Å². The molecule has 23 heavy (non-hydrogen) atoms. The zero-order valence-electron chi connectivity index (χ0n) is 13.8. The van der Waals surface area contributed by atoms with Gasteiger partial charge in [0.05, 0.1) is 5.75 Å². The Balaban J connectivity index is 1.82. The van der Waals surface area contributed by atoms with Crippen molar-refractivity contribution in [3.63, 3.8) is 0 Å². The fourth-order valence-electron chi connectivity index (χ4n) is 1.82. The van der Waals surface area contributed by atoms with Gasteiger partial charge >= 0.3 is 0 Å². The molecule has 2 aromatic rings. The molecule has 0 aliphatic carbocycles. The lowest BCUT2D eigenvalue weighted by molar-refractivity contribution is -0.113. The summed E-state index contributed by atoms with van der Waals surface area (Å²) in [6.45, 7) is 8.40. The summed E-state index contributed by atoms with van der Waals surface area (Å²) in [5.41, 5.74) is 3.13. The maximum atomic E-state index is 12.1. The molecule has 4 nitrogen and oxygen atoms in total. The number of thioether (sulfide) groups is 2. The molecule has 1 amide bonds. The van der Waals surface area contributed by atoms with E-state index < -0.39 is 0 Å². The third kappa shape index (κ3) is 6.16. The van der Waals surface area contributed by atoms with E-state index in [4.69, 9.17) is 0 Å². The molecular weight excluding hydrogens is 346 g/mol. The molecule has 2 rings (SSSR count). The van der Waals surface area contributed by atoms with E-state index in [1.54, 1.807) is 23.1 Å². The van der Waals surface area contributed by atoms with E-state index in [9.17, 15) is 4.79 Å². The van der Waals surface area contributed by atoms with Crippen LogP contribution in [0.5, 0.6) is 0 Å². The molecule has 0 fully saturated rings. The highest BCUT2D eigenvalue weighted by Gasteiger charge is 2.10. The molecule has 0 radical (unpaired) electrons. The normalized spacial score (nSPS) is 11.0. The van der Waals surface area contributed by atoms with E-state index in [2.05, 4.69) is 35.4 Å². The van der Waals surface area contributed by atoms with Gasteiger partial charge in [0.1, 0.15) is 0 Å². The Morgan fingerprint density at radius 3 is 2.57 bits per heavy atom. The summed E-state index contributed by atoms with van der Waals surface area (Å²) in [7, 11) is 0. The minimum Gasteiger partial charge on any atom is -0.325 e. The molecule has 0 aliphatic heterocycles. The number of aryl methyl sites for hydroxylation is 2. The number of benzene rings is 1. The van der Waals surface area contributed by atoms with Crippen molar-refractivity contribution < 1.29 is 4.79 Å². The molecule has 1 aromatic heterocycles. The Labute approximate surface area is 149 Å². The molecular formula is C16H21N3OS3. The van der Waals surface area contributed by atoms with Gasteiger partial charge in [0.15, 0.2) is 8.68 Å². The first-order valence-corrected chi connectivity index (χ1v) is 10.2. The molecule has 1 N–H and O–H groups in total. The number of nitrogens with zero attached hydrogens (tertiary/aromatic N) is 2. The van der Waals surface area contributed by atoms with Crippen LogP contribution in [0.25, 0.3) is 0 Å². The highest BCUT2D eigenvalue weighted by molar-refractivity contribution is 8.03. The molecule has 1 heterocycles. The lowest BCUT2D eigenvalue weighted by Gasteiger charge is -2.08. The van der Waals surface area contributed by atoms with Crippen LogP contribution >= 0.6 is 34.9 Å². The number of nitrogens with one attached hydrogen (secondary N) is 1. The Morgan fingerprint density at radius 1 is 1.22 bits per heavy atom. The Hall–Kier alpha value is -1.05. The van der Waals surface area contributed by atoms with Crippen molar-refractivity contribution in [2.24, 2.45) is 5.92 Å². The van der Waals surface area contributed by atoms with Crippen LogP contribution in [0.4, 0.5) is 5.69 Å². The molecule has 0 bridgehead atoms. The average Bonchev–Trinajstić information content (AvgIpc) is 2.94. The number of carbonyl (C=O) groups is 1. The summed E-state index contributed by atoms with van der Waals surface area (Å²) < 4.78 is 1.81. The van der Waals surface area contributed by atoms with Crippen LogP contribution < -0.4 is 5.32 Å². The summed E-state index contributed by atoms with van der Waals surface area (Å²) in [5.74, 6) is 1.99. The zero-order chi connectivity index (χ0) is 16.8. The largest absolute Gasteiger partial charge is 0.325 e. The molecule has 0 saturated carbocycles. The van der Waals surface area contributed by atoms with E-state index in [0.717, 1.165) is 25.7 Å². The maximum absolute atomic E-state index is 12.1. The number of rotatable bonds is 7. The predicted molar refractivity (Wildman–Crippen MR) is 101 cm³/mol. The van der Waals surface area contributed by atoms with Gasteiger partial charge in [-0.2, -0.15) is 0 Å². The molecule has 1 aromatic carbocycles. The minimum absolute atomic E-state index is 0.0199. The highest BCUT2D eigenvalue weighted by Crippen LogP contribution is 2.29. The molecule has 0 aliphatic rings. The first-order chi connectivity index (χ1) is 10.9. The topological polar surface area (TPSA) is 54.9 Å². The van der Waals surface area contributed by atoms with E-state index in [0.29, 0.717) is 11.7 Å². The number of aromatic nitrogens is 2. The van der Waals surface area contributed by atoms with Crippen LogP contribution in [0.3, 0.4) is 0 Å². The van der Waals surface area contributed by atoms with Crippen molar-refractivity contribution in [3.05, 3.63) is 29.3 Å². The number of amides is 1. The monoisotopic (exact) mass is 367 g/mol. The first kappa shape index (κ1) is 18.3. The number of anilines is 1. The summed E-state index contributed by atoms with van der Waals surface area (Å²) in [4.78, 5) is 12.1. The van der Waals surface area contributed by atoms with Crippen LogP contribution in [-0.4, -0.2) is 27.6 Å². The van der Waals surface area contributed by atoms with Crippen molar-refractivity contribution >= 4 is 46.5 Å². The van der Waals surface area contributed by atoms with Crippen LogP contribution in [0.15, 0.2) is 26.9 Å². The fourth-order valence-corrected chi connectivity index (χ4v) is 4.62. The standard InChI is InChI=1S/C16H21N3OS3/c1-10(2)8-21-15-18-19-16(23-15)22-9-14(20)17-13-6-5-11(3)7-12(13)4/h5-7,10H,8-9H2,1-4H3,(H,17,20). The van der Waals surface area contributed by atoms with Crippen molar-refractivity contribution in [2.75, 3.05) is 16.8 Å². The van der Waals surface area contributed by atoms with Gasteiger partial charge in [-0.15, -0.1) is 10.2 Å². The second kappa shape index (κ2) is 8.70. The summed E-state index contributed by atoms with van der Waals surface area (Å²) in [6, 6.07) is 6.00. The van der Waals surface area contributed by atoms with Crippen molar-refractivity contribution in [2.45, 2.75) is 36.4 Å². The fraction of sp³-hybridized carbons (Fsp3) is 0.438. The molecule has 0 atom stereocenters. The average molecular weight is 368 g/mol. The maximum Gasteiger partial charge on any atom is 0.234 e. The van der Waals surface area contributed by atoms with Gasteiger partial charge in [-0.05, 0) is 31.4 Å². The number of hydrogen-bond donors (Lipinski definition) is 1. The first-order valence-electron chi connectivity index (χ1n) is 7.40. The van der Waals surface area contributed by atoms with Gasteiger partial charge in [0.25, 0.3) is 0 Å². The third-order valence-electron chi connectivity index (χ3n) is 2.91. The molecule has 7 heteroatoms. The van der Waals surface area contributed by atoms with E-state index in [-0.39, 0.29) is 5.91 Å². The molecule has 0 spiro atoms.